The summed E-state index contributed by atoms with van der Waals surface area (Å²) in [7, 11) is 5.48. The van der Waals surface area contributed by atoms with Crippen LogP contribution in [0.25, 0.3) is 0 Å². The van der Waals surface area contributed by atoms with Crippen molar-refractivity contribution in [3.8, 4) is 5.75 Å². The van der Waals surface area contributed by atoms with E-state index in [0.29, 0.717) is 13.0 Å². The van der Waals surface area contributed by atoms with Gasteiger partial charge in [-0.1, -0.05) is 12.1 Å². The summed E-state index contributed by atoms with van der Waals surface area (Å²) in [5.41, 5.74) is 0.856. The van der Waals surface area contributed by atoms with Crippen LogP contribution < -0.4 is 4.74 Å². The number of benzene rings is 1. The number of methoxy groups -OCH3 is 1. The third-order valence-electron chi connectivity index (χ3n) is 4.42. The minimum atomic E-state index is -0.931. The summed E-state index contributed by atoms with van der Waals surface area (Å²) in [4.78, 5) is 27.6. The molecule has 2 unspecified atom stereocenters. The molecule has 1 aromatic carbocycles. The number of nitrogens with zero attached hydrogens (tertiary/aromatic N) is 2. The maximum atomic E-state index is 12.5. The molecule has 0 saturated carbocycles. The van der Waals surface area contributed by atoms with E-state index in [-0.39, 0.29) is 18.4 Å². The zero-order chi connectivity index (χ0) is 17.0. The molecule has 6 nitrogen and oxygen atoms in total. The molecule has 1 N–H and O–H groups in total. The maximum Gasteiger partial charge on any atom is 0.326 e. The van der Waals surface area contributed by atoms with E-state index in [1.807, 2.05) is 31.1 Å². The summed E-state index contributed by atoms with van der Waals surface area (Å²) in [5.74, 6) is -0.337. The number of carboxylic acid groups (broad SMARTS) is 1. The van der Waals surface area contributed by atoms with Gasteiger partial charge >= 0.3 is 5.97 Å². The summed E-state index contributed by atoms with van der Waals surface area (Å²) < 4.78 is 5.10. The van der Waals surface area contributed by atoms with Gasteiger partial charge in [0, 0.05) is 12.6 Å². The molecule has 1 aliphatic rings. The Morgan fingerprint density at radius 3 is 2.48 bits per heavy atom. The monoisotopic (exact) mass is 320 g/mol. The zero-order valence-electron chi connectivity index (χ0n) is 13.9. The highest BCUT2D eigenvalue weighted by molar-refractivity contribution is 5.85. The molecule has 23 heavy (non-hydrogen) atoms. The first-order valence-corrected chi connectivity index (χ1v) is 7.74. The van der Waals surface area contributed by atoms with Crippen LogP contribution in [-0.2, 0) is 16.0 Å². The molecule has 0 bridgehead atoms. The number of ether oxygens (including phenoxy) is 1. The van der Waals surface area contributed by atoms with Gasteiger partial charge in [0.1, 0.15) is 11.8 Å². The number of carboxylic acids is 1. The number of amides is 1. The van der Waals surface area contributed by atoms with Gasteiger partial charge in [-0.2, -0.15) is 0 Å². The second kappa shape index (κ2) is 7.46. The predicted molar refractivity (Wildman–Crippen MR) is 86.5 cm³/mol. The van der Waals surface area contributed by atoms with Crippen LogP contribution in [0.5, 0.6) is 5.75 Å². The van der Waals surface area contributed by atoms with Gasteiger partial charge in [0.05, 0.1) is 13.5 Å². The fourth-order valence-corrected chi connectivity index (χ4v) is 2.97. The Bertz CT molecular complexity index is 556. The van der Waals surface area contributed by atoms with Crippen molar-refractivity contribution >= 4 is 11.9 Å². The summed E-state index contributed by atoms with van der Waals surface area (Å²) in [6.07, 6.45) is 1.47. The van der Waals surface area contributed by atoms with Crippen molar-refractivity contribution in [3.63, 3.8) is 0 Å². The molecule has 1 saturated heterocycles. The van der Waals surface area contributed by atoms with E-state index in [0.717, 1.165) is 17.7 Å². The summed E-state index contributed by atoms with van der Waals surface area (Å²) in [6.45, 7) is 0.481. The minimum Gasteiger partial charge on any atom is -0.497 e. The second-order valence-corrected chi connectivity index (χ2v) is 6.11. The Morgan fingerprint density at radius 2 is 1.96 bits per heavy atom. The number of likely N-dealkylation sites (tertiary alicyclic amines) is 1. The highest BCUT2D eigenvalue weighted by atomic mass is 16.5. The normalized spacial score (nSPS) is 21.3. The molecule has 1 aliphatic heterocycles. The van der Waals surface area contributed by atoms with E-state index in [9.17, 15) is 14.7 Å². The Labute approximate surface area is 136 Å². The number of carbonyl (C=O) groups excluding carboxylic acids is 1. The van der Waals surface area contributed by atoms with Crippen molar-refractivity contribution in [1.29, 1.82) is 0 Å². The molecule has 1 heterocycles. The number of rotatable bonds is 5. The van der Waals surface area contributed by atoms with Crippen molar-refractivity contribution in [1.82, 2.24) is 9.80 Å². The van der Waals surface area contributed by atoms with Crippen molar-refractivity contribution in [3.05, 3.63) is 29.8 Å². The van der Waals surface area contributed by atoms with Crippen LogP contribution in [0.1, 0.15) is 18.4 Å². The molecular formula is C17H24N2O4. The molecule has 1 amide bonds. The molecule has 0 spiro atoms. The van der Waals surface area contributed by atoms with E-state index in [4.69, 9.17) is 4.74 Å². The topological polar surface area (TPSA) is 70.1 Å². The van der Waals surface area contributed by atoms with Crippen LogP contribution in [0.15, 0.2) is 24.3 Å². The van der Waals surface area contributed by atoms with E-state index in [2.05, 4.69) is 0 Å². The lowest BCUT2D eigenvalue weighted by Crippen LogP contribution is -2.54. The molecule has 2 atom stereocenters. The van der Waals surface area contributed by atoms with Gasteiger partial charge in [0.2, 0.25) is 5.91 Å². The second-order valence-electron chi connectivity index (χ2n) is 6.11. The molecule has 1 aromatic rings. The summed E-state index contributed by atoms with van der Waals surface area (Å²) in [5, 5.41) is 9.46. The number of hydrogen-bond acceptors (Lipinski definition) is 4. The average molecular weight is 320 g/mol. The first-order valence-electron chi connectivity index (χ1n) is 7.74. The number of aliphatic carboxylic acids is 1. The van der Waals surface area contributed by atoms with Crippen LogP contribution >= 0.6 is 0 Å². The highest BCUT2D eigenvalue weighted by Gasteiger charge is 2.36. The smallest absolute Gasteiger partial charge is 0.326 e. The van der Waals surface area contributed by atoms with Gasteiger partial charge in [-0.15, -0.1) is 0 Å². The molecule has 0 radical (unpaired) electrons. The van der Waals surface area contributed by atoms with Crippen molar-refractivity contribution in [2.24, 2.45) is 0 Å². The molecular weight excluding hydrogens is 296 g/mol. The van der Waals surface area contributed by atoms with Gasteiger partial charge < -0.3 is 19.6 Å². The maximum absolute atomic E-state index is 12.5. The standard InChI is InChI=1S/C17H24N2O4/c1-18(2)13-8-9-19(15(11-13)17(21)22)16(20)10-12-4-6-14(23-3)7-5-12/h4-7,13,15H,8-11H2,1-3H3,(H,21,22). The Balaban J connectivity index is 2.05. The van der Waals surface area contributed by atoms with Crippen molar-refractivity contribution in [2.45, 2.75) is 31.3 Å². The first-order chi connectivity index (χ1) is 10.9. The highest BCUT2D eigenvalue weighted by Crippen LogP contribution is 2.22. The SMILES string of the molecule is COc1ccc(CC(=O)N2CCC(N(C)C)CC2C(=O)O)cc1. The first kappa shape index (κ1) is 17.3. The van der Waals surface area contributed by atoms with E-state index in [1.54, 1.807) is 19.2 Å². The van der Waals surface area contributed by atoms with Crippen LogP contribution in [0, 0.1) is 0 Å². The molecule has 1 fully saturated rings. The Morgan fingerprint density at radius 1 is 1.30 bits per heavy atom. The lowest BCUT2D eigenvalue weighted by molar-refractivity contribution is -0.153. The number of hydrogen-bond donors (Lipinski definition) is 1. The Hall–Kier alpha value is -2.08. The van der Waals surface area contributed by atoms with Gasteiger partial charge in [0.15, 0.2) is 0 Å². The lowest BCUT2D eigenvalue weighted by atomic mass is 9.95. The van der Waals surface area contributed by atoms with Crippen LogP contribution in [0.4, 0.5) is 0 Å². The largest absolute Gasteiger partial charge is 0.497 e. The van der Waals surface area contributed by atoms with Crippen LogP contribution in [-0.4, -0.2) is 66.6 Å². The third kappa shape index (κ3) is 4.22. The van der Waals surface area contributed by atoms with Gasteiger partial charge in [-0.05, 0) is 44.6 Å². The number of piperidine rings is 1. The molecule has 0 aromatic heterocycles. The minimum absolute atomic E-state index is 0.139. The van der Waals surface area contributed by atoms with Gasteiger partial charge in [-0.25, -0.2) is 4.79 Å². The van der Waals surface area contributed by atoms with E-state index < -0.39 is 12.0 Å². The van der Waals surface area contributed by atoms with Gasteiger partial charge in [0.25, 0.3) is 0 Å². The van der Waals surface area contributed by atoms with Crippen molar-refractivity contribution < 1.29 is 19.4 Å². The summed E-state index contributed by atoms with van der Waals surface area (Å²) in [6, 6.07) is 6.71. The summed E-state index contributed by atoms with van der Waals surface area (Å²) >= 11 is 0. The van der Waals surface area contributed by atoms with Gasteiger partial charge in [-0.3, -0.25) is 4.79 Å². The van der Waals surface area contributed by atoms with Crippen LogP contribution in [0.2, 0.25) is 0 Å². The Kier molecular flexibility index (Phi) is 5.60. The van der Waals surface area contributed by atoms with E-state index >= 15 is 0 Å². The molecule has 2 rings (SSSR count). The number of carbonyl (C=O) groups is 2. The predicted octanol–water partition coefficient (Wildman–Crippen LogP) is 1.24. The molecule has 126 valence electrons. The molecule has 0 aliphatic carbocycles. The van der Waals surface area contributed by atoms with Crippen LogP contribution in [0.3, 0.4) is 0 Å². The van der Waals surface area contributed by atoms with E-state index in [1.165, 1.54) is 4.90 Å². The molecule has 6 heteroatoms. The quantitative estimate of drug-likeness (QED) is 0.884. The fraction of sp³-hybridized carbons (Fsp3) is 0.529. The third-order valence-corrected chi connectivity index (χ3v) is 4.42. The zero-order valence-corrected chi connectivity index (χ0v) is 13.9. The fourth-order valence-electron chi connectivity index (χ4n) is 2.97. The average Bonchev–Trinajstić information content (AvgIpc) is 2.54. The van der Waals surface area contributed by atoms with Crippen molar-refractivity contribution in [2.75, 3.05) is 27.7 Å². The lowest BCUT2D eigenvalue weighted by Gasteiger charge is -2.39.